The quantitative estimate of drug-likeness (QED) is 0.560. The molecule has 0 atom stereocenters. The highest BCUT2D eigenvalue weighted by atomic mass is 14.9. The Labute approximate surface area is 90.5 Å². The molecule has 1 aliphatic rings. The van der Waals surface area contributed by atoms with E-state index in [0.29, 0.717) is 11.3 Å². The number of aliphatic imine (C=N–C) groups is 1. The first-order valence-corrected chi connectivity index (χ1v) is 4.97. The van der Waals surface area contributed by atoms with Gasteiger partial charge in [-0.3, -0.25) is 4.99 Å². The van der Waals surface area contributed by atoms with Crippen LogP contribution in [0.3, 0.4) is 0 Å². The van der Waals surface area contributed by atoms with E-state index in [1.807, 2.05) is 0 Å². The average Bonchev–Trinajstić information content (AvgIpc) is 2.30. The fourth-order valence-electron chi connectivity index (χ4n) is 1.61. The van der Waals surface area contributed by atoms with Gasteiger partial charge in [0.25, 0.3) is 0 Å². The first kappa shape index (κ1) is 11.4. The first-order valence-electron chi connectivity index (χ1n) is 4.97. The molecule has 15 heavy (non-hydrogen) atoms. The van der Waals surface area contributed by atoms with Crippen LogP contribution in [0.5, 0.6) is 0 Å². The monoisotopic (exact) mass is 201 g/mol. The highest BCUT2D eigenvalue weighted by Gasteiger charge is 2.13. The zero-order chi connectivity index (χ0) is 11.1. The number of allylic oxidation sites excluding steroid dienone is 2. The van der Waals surface area contributed by atoms with E-state index in [-0.39, 0.29) is 0 Å². The molecule has 0 aromatic carbocycles. The summed E-state index contributed by atoms with van der Waals surface area (Å²) in [6.45, 7) is 9.05. The van der Waals surface area contributed by atoms with E-state index in [4.69, 9.17) is 5.26 Å². The van der Waals surface area contributed by atoms with Gasteiger partial charge in [-0.2, -0.15) is 5.26 Å². The van der Waals surface area contributed by atoms with Crippen molar-refractivity contribution in [1.29, 1.82) is 5.26 Å². The minimum atomic E-state index is 0.629. The van der Waals surface area contributed by atoms with Gasteiger partial charge in [0, 0.05) is 6.20 Å². The normalized spacial score (nSPS) is 16.7. The third-order valence-corrected chi connectivity index (χ3v) is 2.35. The lowest BCUT2D eigenvalue weighted by Gasteiger charge is -2.16. The Hall–Kier alpha value is -1.66. The van der Waals surface area contributed by atoms with Gasteiger partial charge in [-0.1, -0.05) is 13.2 Å². The van der Waals surface area contributed by atoms with Gasteiger partial charge in [0.05, 0.1) is 11.3 Å². The number of hydrogen-bond acceptors (Lipinski definition) is 3. The summed E-state index contributed by atoms with van der Waals surface area (Å²) in [6, 6.07) is 2.21. The molecule has 3 heteroatoms. The van der Waals surface area contributed by atoms with E-state index in [2.05, 4.69) is 29.5 Å². The van der Waals surface area contributed by atoms with Crippen LogP contribution in [0.1, 0.15) is 12.8 Å². The van der Waals surface area contributed by atoms with Gasteiger partial charge in [0.15, 0.2) is 0 Å². The third-order valence-electron chi connectivity index (χ3n) is 2.35. The highest BCUT2D eigenvalue weighted by Crippen LogP contribution is 2.17. The van der Waals surface area contributed by atoms with E-state index in [0.717, 1.165) is 31.5 Å². The molecule has 0 amide bonds. The van der Waals surface area contributed by atoms with Crippen LogP contribution in [0.2, 0.25) is 0 Å². The Balaban J connectivity index is 3.04. The van der Waals surface area contributed by atoms with E-state index < -0.39 is 0 Å². The van der Waals surface area contributed by atoms with Gasteiger partial charge < -0.3 is 5.32 Å². The van der Waals surface area contributed by atoms with E-state index in [1.54, 1.807) is 6.08 Å². The maximum absolute atomic E-state index is 9.12. The summed E-state index contributed by atoms with van der Waals surface area (Å²) in [7, 11) is 0. The second-order valence-corrected chi connectivity index (χ2v) is 3.24. The Morgan fingerprint density at radius 2 is 2.07 bits per heavy atom. The maximum atomic E-state index is 9.12. The summed E-state index contributed by atoms with van der Waals surface area (Å²) >= 11 is 0. The number of rotatable bonds is 3. The van der Waals surface area contributed by atoms with E-state index >= 15 is 0 Å². The summed E-state index contributed by atoms with van der Waals surface area (Å²) in [5, 5.41) is 12.4. The molecule has 1 fully saturated rings. The molecular weight excluding hydrogens is 186 g/mol. The van der Waals surface area contributed by atoms with Gasteiger partial charge in [0.1, 0.15) is 6.07 Å². The lowest BCUT2D eigenvalue weighted by molar-refractivity contribution is 0.608. The largest absolute Gasteiger partial charge is 0.316 e. The molecule has 1 heterocycles. The van der Waals surface area contributed by atoms with Gasteiger partial charge in [-0.15, -0.1) is 0 Å². The predicted octanol–water partition coefficient (Wildman–Crippen LogP) is 1.96. The molecule has 0 bridgehead atoms. The molecule has 78 valence electrons. The van der Waals surface area contributed by atoms with Gasteiger partial charge in [-0.05, 0) is 37.6 Å². The number of hydrogen-bond donors (Lipinski definition) is 1. The fraction of sp³-hybridized carbons (Fsp3) is 0.333. The molecule has 0 aromatic heterocycles. The van der Waals surface area contributed by atoms with Crippen molar-refractivity contribution in [2.45, 2.75) is 12.8 Å². The van der Waals surface area contributed by atoms with Crippen molar-refractivity contribution >= 4 is 5.71 Å². The summed E-state index contributed by atoms with van der Waals surface area (Å²) in [4.78, 5) is 4.05. The molecule has 3 nitrogen and oxygen atoms in total. The Morgan fingerprint density at radius 1 is 1.40 bits per heavy atom. The summed E-state index contributed by atoms with van der Waals surface area (Å²) in [5.41, 5.74) is 2.45. The van der Waals surface area contributed by atoms with Crippen molar-refractivity contribution in [3.63, 3.8) is 0 Å². The smallest absolute Gasteiger partial charge is 0.101 e. The predicted molar refractivity (Wildman–Crippen MR) is 62.6 cm³/mol. The van der Waals surface area contributed by atoms with Crippen molar-refractivity contribution in [1.82, 2.24) is 5.32 Å². The Kier molecular flexibility index (Phi) is 4.52. The second-order valence-electron chi connectivity index (χ2n) is 3.24. The maximum Gasteiger partial charge on any atom is 0.101 e. The molecular formula is C12H15N3. The lowest BCUT2D eigenvalue weighted by atomic mass is 9.96. The van der Waals surface area contributed by atoms with Crippen LogP contribution in [0.15, 0.2) is 41.6 Å². The zero-order valence-electron chi connectivity index (χ0n) is 8.79. The van der Waals surface area contributed by atoms with E-state index in [1.165, 1.54) is 6.20 Å². The summed E-state index contributed by atoms with van der Waals surface area (Å²) in [6.07, 6.45) is 4.87. The van der Waals surface area contributed by atoms with Crippen molar-refractivity contribution < 1.29 is 0 Å². The van der Waals surface area contributed by atoms with Crippen LogP contribution in [-0.2, 0) is 0 Å². The van der Waals surface area contributed by atoms with Crippen LogP contribution in [-0.4, -0.2) is 18.8 Å². The molecule has 1 rings (SSSR count). The number of nitrogens with zero attached hydrogens (tertiary/aromatic N) is 2. The topological polar surface area (TPSA) is 48.2 Å². The van der Waals surface area contributed by atoms with Crippen LogP contribution in [0.4, 0.5) is 0 Å². The SMILES string of the molecule is C=CN=C(C=C)C(C#N)=C1CCNCC1. The molecule has 0 unspecified atom stereocenters. The number of nitriles is 1. The summed E-state index contributed by atoms with van der Waals surface area (Å²) < 4.78 is 0. The molecule has 1 saturated heterocycles. The standard InChI is InChI=1S/C12H15N3/c1-3-12(15-4-2)11(9-13)10-5-7-14-8-6-10/h3-4,14H,1-2,5-8H2. The van der Waals surface area contributed by atoms with Gasteiger partial charge in [0.2, 0.25) is 0 Å². The Morgan fingerprint density at radius 3 is 2.53 bits per heavy atom. The number of nitrogens with one attached hydrogen (secondary N) is 1. The average molecular weight is 201 g/mol. The van der Waals surface area contributed by atoms with Crippen LogP contribution in [0.25, 0.3) is 0 Å². The summed E-state index contributed by atoms with van der Waals surface area (Å²) in [5.74, 6) is 0. The Bertz CT molecular complexity index is 348. The highest BCUT2D eigenvalue weighted by molar-refractivity contribution is 6.11. The van der Waals surface area contributed by atoms with Crippen molar-refractivity contribution in [3.05, 3.63) is 36.6 Å². The molecule has 0 radical (unpaired) electrons. The second kappa shape index (κ2) is 5.94. The lowest BCUT2D eigenvalue weighted by Crippen LogP contribution is -2.24. The van der Waals surface area contributed by atoms with Crippen molar-refractivity contribution in [3.8, 4) is 6.07 Å². The van der Waals surface area contributed by atoms with Crippen LogP contribution >= 0.6 is 0 Å². The molecule has 1 N–H and O–H groups in total. The minimum Gasteiger partial charge on any atom is -0.316 e. The molecule has 0 saturated carbocycles. The minimum absolute atomic E-state index is 0.629. The van der Waals surface area contributed by atoms with Gasteiger partial charge in [-0.25, -0.2) is 0 Å². The molecule has 1 aliphatic heterocycles. The zero-order valence-corrected chi connectivity index (χ0v) is 8.79. The number of piperidine rings is 1. The fourth-order valence-corrected chi connectivity index (χ4v) is 1.61. The van der Waals surface area contributed by atoms with Crippen molar-refractivity contribution in [2.24, 2.45) is 4.99 Å². The van der Waals surface area contributed by atoms with E-state index in [9.17, 15) is 0 Å². The third kappa shape index (κ3) is 2.90. The van der Waals surface area contributed by atoms with Crippen LogP contribution < -0.4 is 5.32 Å². The molecule has 0 spiro atoms. The van der Waals surface area contributed by atoms with Crippen LogP contribution in [0, 0.1) is 11.3 Å². The molecule has 0 aromatic rings. The van der Waals surface area contributed by atoms with Gasteiger partial charge >= 0.3 is 0 Å². The first-order chi connectivity index (χ1) is 7.33. The molecule has 0 aliphatic carbocycles. The van der Waals surface area contributed by atoms with Crippen molar-refractivity contribution in [2.75, 3.05) is 13.1 Å².